The second-order valence-electron chi connectivity index (χ2n) is 4.57. The van der Waals surface area contributed by atoms with E-state index in [4.69, 9.17) is 4.74 Å². The van der Waals surface area contributed by atoms with Gasteiger partial charge in [-0.25, -0.2) is 4.79 Å². The number of hydrogen-bond acceptors (Lipinski definition) is 4. The molecule has 0 aliphatic carbocycles. The monoisotopic (exact) mass is 275 g/mol. The highest BCUT2D eigenvalue weighted by Crippen LogP contribution is 2.06. The van der Waals surface area contributed by atoms with Gasteiger partial charge < -0.3 is 4.74 Å². The molecule has 1 heterocycles. The number of aromatic nitrogens is 3. The van der Waals surface area contributed by atoms with Gasteiger partial charge in [-0.3, -0.25) is 9.36 Å². The van der Waals surface area contributed by atoms with Crippen LogP contribution in [0.3, 0.4) is 0 Å². The smallest absolute Gasteiger partial charge is 0.350 e. The van der Waals surface area contributed by atoms with Crippen LogP contribution in [0.4, 0.5) is 0 Å². The second kappa shape index (κ2) is 5.73. The Bertz CT molecular complexity index is 668. The van der Waals surface area contributed by atoms with Crippen LogP contribution in [0.1, 0.15) is 18.3 Å². The summed E-state index contributed by atoms with van der Waals surface area (Å²) < 4.78 is 7.69. The van der Waals surface area contributed by atoms with Crippen LogP contribution in [0.25, 0.3) is 5.69 Å². The fourth-order valence-electron chi connectivity index (χ4n) is 1.89. The van der Waals surface area contributed by atoms with Gasteiger partial charge in [0.2, 0.25) is 0 Å². The molecular formula is C14H17N3O3. The molecule has 2 rings (SSSR count). The van der Waals surface area contributed by atoms with Gasteiger partial charge in [-0.15, -0.1) is 0 Å². The summed E-state index contributed by atoms with van der Waals surface area (Å²) in [6.07, 6.45) is 0. The van der Waals surface area contributed by atoms with Crippen LogP contribution in [0.15, 0.2) is 29.1 Å². The summed E-state index contributed by atoms with van der Waals surface area (Å²) >= 11 is 0. The number of hydrogen-bond donors (Lipinski definition) is 0. The lowest BCUT2D eigenvalue weighted by molar-refractivity contribution is -0.141. The number of aryl methyl sites for hydroxylation is 2. The molecule has 0 saturated heterocycles. The van der Waals surface area contributed by atoms with Crippen molar-refractivity contribution in [2.45, 2.75) is 27.3 Å². The molecule has 0 spiro atoms. The normalized spacial score (nSPS) is 10.6. The Morgan fingerprint density at radius 2 is 1.90 bits per heavy atom. The average molecular weight is 275 g/mol. The lowest BCUT2D eigenvalue weighted by Crippen LogP contribution is -2.26. The van der Waals surface area contributed by atoms with E-state index in [0.717, 1.165) is 11.3 Å². The van der Waals surface area contributed by atoms with Crippen molar-refractivity contribution in [3.05, 3.63) is 46.1 Å². The van der Waals surface area contributed by atoms with Crippen molar-refractivity contribution in [2.75, 3.05) is 6.61 Å². The summed E-state index contributed by atoms with van der Waals surface area (Å²) in [5.41, 5.74) is 1.60. The van der Waals surface area contributed by atoms with Crippen molar-refractivity contribution in [3.8, 4) is 5.69 Å². The summed E-state index contributed by atoms with van der Waals surface area (Å²) in [5, 5.41) is 4.23. The minimum Gasteiger partial charge on any atom is -0.464 e. The van der Waals surface area contributed by atoms with E-state index < -0.39 is 0 Å². The van der Waals surface area contributed by atoms with E-state index in [-0.39, 0.29) is 18.3 Å². The Kier molecular flexibility index (Phi) is 4.02. The first kappa shape index (κ1) is 14.0. The zero-order valence-electron chi connectivity index (χ0n) is 11.8. The molecule has 0 N–H and O–H groups in total. The van der Waals surface area contributed by atoms with Gasteiger partial charge in [-0.2, -0.15) is 9.78 Å². The number of nitrogens with zero attached hydrogens (tertiary/aromatic N) is 3. The summed E-state index contributed by atoms with van der Waals surface area (Å²) in [7, 11) is 0. The summed E-state index contributed by atoms with van der Waals surface area (Å²) in [5.74, 6) is 0.226. The maximum atomic E-state index is 12.3. The predicted octanol–water partition coefficient (Wildman–Crippen LogP) is 1.21. The second-order valence-corrected chi connectivity index (χ2v) is 4.57. The largest absolute Gasteiger partial charge is 0.464 e. The van der Waals surface area contributed by atoms with Crippen LogP contribution < -0.4 is 5.69 Å². The molecule has 1 aromatic carbocycles. The number of ether oxygens (including phenoxy) is 1. The van der Waals surface area contributed by atoms with E-state index in [1.807, 2.05) is 31.2 Å². The molecule has 0 saturated carbocycles. The molecule has 0 atom stereocenters. The van der Waals surface area contributed by atoms with Gasteiger partial charge >= 0.3 is 11.7 Å². The Hall–Kier alpha value is -2.37. The highest BCUT2D eigenvalue weighted by molar-refractivity contribution is 5.65. The van der Waals surface area contributed by atoms with Crippen LogP contribution in [0, 0.1) is 13.8 Å². The third kappa shape index (κ3) is 2.96. The first-order chi connectivity index (χ1) is 9.49. The van der Waals surface area contributed by atoms with Crippen LogP contribution in [-0.2, 0) is 16.1 Å². The highest BCUT2D eigenvalue weighted by atomic mass is 16.5. The minimum absolute atomic E-state index is 0.162. The Balaban J connectivity index is 2.26. The molecule has 106 valence electrons. The van der Waals surface area contributed by atoms with Gasteiger partial charge in [0.15, 0.2) is 0 Å². The number of rotatable bonds is 4. The molecule has 0 amide bonds. The standard InChI is InChI=1S/C14H17N3O3/c1-10-4-6-13(7-5-10)17-14(19)16(11(2)15-17)8-9-20-12(3)18/h4-7H,8-9H2,1-3H3. The summed E-state index contributed by atoms with van der Waals surface area (Å²) in [4.78, 5) is 23.0. The first-order valence-corrected chi connectivity index (χ1v) is 6.36. The van der Waals surface area contributed by atoms with Crippen LogP contribution >= 0.6 is 0 Å². The van der Waals surface area contributed by atoms with E-state index in [0.29, 0.717) is 12.4 Å². The van der Waals surface area contributed by atoms with Gasteiger partial charge in [0.25, 0.3) is 0 Å². The van der Waals surface area contributed by atoms with Crippen molar-refractivity contribution in [3.63, 3.8) is 0 Å². The Morgan fingerprint density at radius 1 is 1.25 bits per heavy atom. The van der Waals surface area contributed by atoms with E-state index in [1.54, 1.807) is 6.92 Å². The zero-order valence-corrected chi connectivity index (χ0v) is 11.8. The molecule has 0 aliphatic heterocycles. The quantitative estimate of drug-likeness (QED) is 0.787. The predicted molar refractivity (Wildman–Crippen MR) is 73.9 cm³/mol. The van der Waals surface area contributed by atoms with Crippen molar-refractivity contribution in [1.82, 2.24) is 14.3 Å². The molecule has 6 heteroatoms. The number of carbonyl (C=O) groups excluding carboxylic acids is 1. The molecule has 0 unspecified atom stereocenters. The topological polar surface area (TPSA) is 66.1 Å². The fraction of sp³-hybridized carbons (Fsp3) is 0.357. The number of benzene rings is 1. The van der Waals surface area contributed by atoms with Gasteiger partial charge in [-0.05, 0) is 26.0 Å². The maximum Gasteiger partial charge on any atom is 0.350 e. The van der Waals surface area contributed by atoms with Gasteiger partial charge in [-0.1, -0.05) is 17.7 Å². The van der Waals surface area contributed by atoms with Crippen LogP contribution in [0.5, 0.6) is 0 Å². The first-order valence-electron chi connectivity index (χ1n) is 6.36. The lowest BCUT2D eigenvalue weighted by Gasteiger charge is -2.03. The van der Waals surface area contributed by atoms with E-state index in [1.165, 1.54) is 16.2 Å². The molecule has 6 nitrogen and oxygen atoms in total. The SMILES string of the molecule is CC(=O)OCCn1c(C)nn(-c2ccc(C)cc2)c1=O. The zero-order chi connectivity index (χ0) is 14.7. The Labute approximate surface area is 116 Å². The van der Waals surface area contributed by atoms with Gasteiger partial charge in [0, 0.05) is 6.92 Å². The third-order valence-corrected chi connectivity index (χ3v) is 2.95. The third-order valence-electron chi connectivity index (χ3n) is 2.95. The number of esters is 1. The van der Waals surface area contributed by atoms with Crippen LogP contribution in [-0.4, -0.2) is 26.9 Å². The summed E-state index contributed by atoms with van der Waals surface area (Å²) in [6, 6.07) is 7.54. The molecule has 0 aliphatic rings. The summed E-state index contributed by atoms with van der Waals surface area (Å²) in [6.45, 7) is 5.53. The van der Waals surface area contributed by atoms with Crippen molar-refractivity contribution >= 4 is 5.97 Å². The molecule has 20 heavy (non-hydrogen) atoms. The molecule has 2 aromatic rings. The molecule has 0 fully saturated rings. The number of carbonyl (C=O) groups is 1. The van der Waals surface area contributed by atoms with Crippen molar-refractivity contribution in [2.24, 2.45) is 0 Å². The molecule has 0 bridgehead atoms. The van der Waals surface area contributed by atoms with Gasteiger partial charge in [0.1, 0.15) is 12.4 Å². The lowest BCUT2D eigenvalue weighted by atomic mass is 10.2. The average Bonchev–Trinajstić information content (AvgIpc) is 2.67. The maximum absolute atomic E-state index is 12.3. The Morgan fingerprint density at radius 3 is 2.50 bits per heavy atom. The molecular weight excluding hydrogens is 258 g/mol. The van der Waals surface area contributed by atoms with Gasteiger partial charge in [0.05, 0.1) is 12.2 Å². The molecule has 0 radical (unpaired) electrons. The van der Waals surface area contributed by atoms with E-state index in [2.05, 4.69) is 5.10 Å². The van der Waals surface area contributed by atoms with Crippen LogP contribution in [0.2, 0.25) is 0 Å². The van der Waals surface area contributed by atoms with E-state index >= 15 is 0 Å². The minimum atomic E-state index is -0.360. The van der Waals surface area contributed by atoms with E-state index in [9.17, 15) is 9.59 Å². The highest BCUT2D eigenvalue weighted by Gasteiger charge is 2.11. The van der Waals surface area contributed by atoms with Crippen molar-refractivity contribution < 1.29 is 9.53 Å². The molecule has 1 aromatic heterocycles. The van der Waals surface area contributed by atoms with Crippen molar-refractivity contribution in [1.29, 1.82) is 0 Å². The fourth-order valence-corrected chi connectivity index (χ4v) is 1.89.